The molecule has 0 saturated carbocycles. The van der Waals surface area contributed by atoms with Crippen molar-refractivity contribution in [2.75, 3.05) is 0 Å². The summed E-state index contributed by atoms with van der Waals surface area (Å²) in [7, 11) is 0. The van der Waals surface area contributed by atoms with Crippen molar-refractivity contribution in [3.05, 3.63) is 71.7 Å². The van der Waals surface area contributed by atoms with Gasteiger partial charge >= 0.3 is 0 Å². The van der Waals surface area contributed by atoms with Crippen LogP contribution >= 0.6 is 0 Å². The molecule has 0 N–H and O–H groups in total. The van der Waals surface area contributed by atoms with Crippen LogP contribution in [0.1, 0.15) is 16.7 Å². The van der Waals surface area contributed by atoms with Gasteiger partial charge in [0, 0.05) is 18.8 Å². The number of rotatable bonds is 2. The lowest BCUT2D eigenvalue weighted by atomic mass is 10.0. The summed E-state index contributed by atoms with van der Waals surface area (Å²) in [6, 6.07) is 8.91. The predicted molar refractivity (Wildman–Crippen MR) is 57.9 cm³/mol. The Morgan fingerprint density at radius 3 is 2.47 bits per heavy atom. The SMILES string of the molecule is Cc1cc([CH]c2ccncc2)ccc1F. The molecule has 0 aliphatic carbocycles. The molecule has 2 heteroatoms. The molecule has 2 rings (SSSR count). The van der Waals surface area contributed by atoms with Crippen molar-refractivity contribution in [3.8, 4) is 0 Å². The topological polar surface area (TPSA) is 12.9 Å². The molecule has 1 aromatic heterocycles. The summed E-state index contributed by atoms with van der Waals surface area (Å²) in [5.74, 6) is -0.165. The van der Waals surface area contributed by atoms with Crippen molar-refractivity contribution in [2.24, 2.45) is 0 Å². The highest BCUT2D eigenvalue weighted by Crippen LogP contribution is 2.14. The Bertz CT molecular complexity index is 451. The maximum absolute atomic E-state index is 13.0. The zero-order valence-electron chi connectivity index (χ0n) is 8.44. The van der Waals surface area contributed by atoms with Crippen LogP contribution in [0.5, 0.6) is 0 Å². The van der Waals surface area contributed by atoms with E-state index in [4.69, 9.17) is 0 Å². The highest BCUT2D eigenvalue weighted by atomic mass is 19.1. The Kier molecular flexibility index (Phi) is 2.77. The van der Waals surface area contributed by atoms with E-state index in [1.807, 2.05) is 24.6 Å². The molecule has 15 heavy (non-hydrogen) atoms. The Morgan fingerprint density at radius 1 is 1.07 bits per heavy atom. The second-order valence-corrected chi connectivity index (χ2v) is 3.43. The van der Waals surface area contributed by atoms with Crippen LogP contribution in [0.4, 0.5) is 4.39 Å². The third-order valence-corrected chi connectivity index (χ3v) is 2.22. The number of benzene rings is 1. The summed E-state index contributed by atoms with van der Waals surface area (Å²) in [6.45, 7) is 1.76. The fourth-order valence-electron chi connectivity index (χ4n) is 1.41. The van der Waals surface area contributed by atoms with Gasteiger partial charge in [-0.25, -0.2) is 4.39 Å². The standard InChI is InChI=1S/C13H11FN/c1-10-8-12(2-3-13(10)14)9-11-4-6-15-7-5-11/h2-9H,1H3. The summed E-state index contributed by atoms with van der Waals surface area (Å²) < 4.78 is 13.0. The number of pyridine rings is 1. The number of hydrogen-bond acceptors (Lipinski definition) is 1. The largest absolute Gasteiger partial charge is 0.265 e. The van der Waals surface area contributed by atoms with Gasteiger partial charge in [-0.2, -0.15) is 0 Å². The normalized spacial score (nSPS) is 10.3. The van der Waals surface area contributed by atoms with Crippen LogP contribution in [0.3, 0.4) is 0 Å². The van der Waals surface area contributed by atoms with Gasteiger partial charge < -0.3 is 0 Å². The van der Waals surface area contributed by atoms with Crippen molar-refractivity contribution in [1.29, 1.82) is 0 Å². The highest BCUT2D eigenvalue weighted by Gasteiger charge is 2.00. The fourth-order valence-corrected chi connectivity index (χ4v) is 1.41. The Morgan fingerprint density at radius 2 is 1.80 bits per heavy atom. The lowest BCUT2D eigenvalue weighted by molar-refractivity contribution is 0.618. The molecule has 1 heterocycles. The first-order valence-corrected chi connectivity index (χ1v) is 4.76. The monoisotopic (exact) mass is 200 g/mol. The van der Waals surface area contributed by atoms with E-state index in [9.17, 15) is 4.39 Å². The van der Waals surface area contributed by atoms with E-state index in [1.165, 1.54) is 6.07 Å². The molecule has 0 fully saturated rings. The molecule has 0 unspecified atom stereocenters. The van der Waals surface area contributed by atoms with Crippen LogP contribution in [0.15, 0.2) is 42.7 Å². The van der Waals surface area contributed by atoms with Gasteiger partial charge in [-0.1, -0.05) is 12.1 Å². The van der Waals surface area contributed by atoms with Gasteiger partial charge in [-0.3, -0.25) is 4.98 Å². The van der Waals surface area contributed by atoms with Crippen molar-refractivity contribution < 1.29 is 4.39 Å². The molecule has 2 aromatic rings. The average Bonchev–Trinajstić information content (AvgIpc) is 2.25. The zero-order chi connectivity index (χ0) is 10.7. The maximum Gasteiger partial charge on any atom is 0.126 e. The van der Waals surface area contributed by atoms with Gasteiger partial charge in [0.05, 0.1) is 0 Å². The van der Waals surface area contributed by atoms with E-state index in [2.05, 4.69) is 4.98 Å². The maximum atomic E-state index is 13.0. The van der Waals surface area contributed by atoms with Gasteiger partial charge in [0.25, 0.3) is 0 Å². The number of nitrogens with zero attached hydrogens (tertiary/aromatic N) is 1. The summed E-state index contributed by atoms with van der Waals surface area (Å²) in [5.41, 5.74) is 2.73. The van der Waals surface area contributed by atoms with E-state index in [0.29, 0.717) is 5.56 Å². The molecule has 0 bridgehead atoms. The summed E-state index contributed by atoms with van der Waals surface area (Å²) in [4.78, 5) is 3.94. The van der Waals surface area contributed by atoms with Crippen molar-refractivity contribution in [2.45, 2.75) is 6.92 Å². The molecule has 1 aromatic carbocycles. The number of aromatic nitrogens is 1. The van der Waals surface area contributed by atoms with Crippen LogP contribution in [-0.4, -0.2) is 4.98 Å². The minimum Gasteiger partial charge on any atom is -0.265 e. The third-order valence-electron chi connectivity index (χ3n) is 2.22. The average molecular weight is 200 g/mol. The zero-order valence-corrected chi connectivity index (χ0v) is 8.44. The van der Waals surface area contributed by atoms with Gasteiger partial charge in [0.1, 0.15) is 5.82 Å². The smallest absolute Gasteiger partial charge is 0.126 e. The summed E-state index contributed by atoms with van der Waals surface area (Å²) in [5, 5.41) is 0. The molecule has 0 atom stereocenters. The Hall–Kier alpha value is -1.70. The summed E-state index contributed by atoms with van der Waals surface area (Å²) in [6.07, 6.45) is 5.47. The number of aryl methyl sites for hydroxylation is 1. The third kappa shape index (κ3) is 2.40. The van der Waals surface area contributed by atoms with E-state index in [1.54, 1.807) is 25.4 Å². The molecule has 0 saturated heterocycles. The van der Waals surface area contributed by atoms with E-state index < -0.39 is 0 Å². The molecular weight excluding hydrogens is 189 g/mol. The van der Waals surface area contributed by atoms with Gasteiger partial charge in [0.2, 0.25) is 0 Å². The van der Waals surface area contributed by atoms with Crippen LogP contribution < -0.4 is 0 Å². The van der Waals surface area contributed by atoms with E-state index in [0.717, 1.165) is 11.1 Å². The van der Waals surface area contributed by atoms with Gasteiger partial charge in [-0.15, -0.1) is 0 Å². The first-order valence-electron chi connectivity index (χ1n) is 4.76. The van der Waals surface area contributed by atoms with Crippen molar-refractivity contribution in [3.63, 3.8) is 0 Å². The van der Waals surface area contributed by atoms with Gasteiger partial charge in [-0.05, 0) is 41.8 Å². The van der Waals surface area contributed by atoms with E-state index in [-0.39, 0.29) is 5.82 Å². The van der Waals surface area contributed by atoms with Crippen molar-refractivity contribution in [1.82, 2.24) is 4.98 Å². The first-order chi connectivity index (χ1) is 7.25. The highest BCUT2D eigenvalue weighted by molar-refractivity contribution is 5.37. The van der Waals surface area contributed by atoms with Crippen molar-refractivity contribution >= 4 is 0 Å². The lowest BCUT2D eigenvalue weighted by Gasteiger charge is -2.03. The first kappa shape index (κ1) is 9.84. The summed E-state index contributed by atoms with van der Waals surface area (Å²) >= 11 is 0. The number of halogens is 1. The second-order valence-electron chi connectivity index (χ2n) is 3.43. The molecule has 0 spiro atoms. The molecule has 1 radical (unpaired) electrons. The molecule has 0 amide bonds. The minimum atomic E-state index is -0.165. The molecule has 0 aliphatic heterocycles. The minimum absolute atomic E-state index is 0.165. The fraction of sp³-hybridized carbons (Fsp3) is 0.0769. The van der Waals surface area contributed by atoms with E-state index >= 15 is 0 Å². The number of hydrogen-bond donors (Lipinski definition) is 0. The van der Waals surface area contributed by atoms with Crippen LogP contribution in [0.2, 0.25) is 0 Å². The second kappa shape index (κ2) is 4.22. The van der Waals surface area contributed by atoms with Crippen LogP contribution in [0, 0.1) is 19.2 Å². The van der Waals surface area contributed by atoms with Gasteiger partial charge in [0.15, 0.2) is 0 Å². The Balaban J connectivity index is 2.22. The van der Waals surface area contributed by atoms with Crippen LogP contribution in [0.25, 0.3) is 0 Å². The quantitative estimate of drug-likeness (QED) is 0.725. The predicted octanol–water partition coefficient (Wildman–Crippen LogP) is 3.13. The molecule has 75 valence electrons. The molecule has 0 aliphatic rings. The van der Waals surface area contributed by atoms with Crippen LogP contribution in [-0.2, 0) is 0 Å². The molecule has 1 nitrogen and oxygen atoms in total. The molecular formula is C13H11FN. The Labute approximate surface area is 88.6 Å². The lowest BCUT2D eigenvalue weighted by Crippen LogP contribution is -1.88.